The molecule has 0 bridgehead atoms. The minimum Gasteiger partial charge on any atom is -0.463 e. The van der Waals surface area contributed by atoms with Gasteiger partial charge in [-0.05, 0) is 26.7 Å². The van der Waals surface area contributed by atoms with Crippen molar-refractivity contribution in [3.63, 3.8) is 0 Å². The number of unbranched alkanes of at least 4 members (excludes halogenated alkanes) is 5. The maximum absolute atomic E-state index is 11.7. The van der Waals surface area contributed by atoms with Gasteiger partial charge >= 0.3 is 11.9 Å². The van der Waals surface area contributed by atoms with Gasteiger partial charge in [-0.2, -0.15) is 0 Å². The second-order valence-corrected chi connectivity index (χ2v) is 5.77. The Morgan fingerprint density at radius 2 is 1.52 bits per heavy atom. The first-order chi connectivity index (χ1) is 11.1. The Bertz CT molecular complexity index is 304. The molecule has 0 saturated carbocycles. The lowest BCUT2D eigenvalue weighted by molar-refractivity contribution is -0.153. The summed E-state index contributed by atoms with van der Waals surface area (Å²) in [6, 6.07) is 0. The van der Waals surface area contributed by atoms with E-state index in [1.807, 2.05) is 13.8 Å². The molecular weight excluding hydrogens is 296 g/mol. The molecule has 0 aliphatic heterocycles. The van der Waals surface area contributed by atoms with Crippen LogP contribution in [0.15, 0.2) is 0 Å². The van der Waals surface area contributed by atoms with Crippen molar-refractivity contribution in [3.8, 4) is 0 Å². The standard InChI is InChI=1S/C18H34O5/c1-4-6-7-8-9-10-11-16(3)23-18(20)13-12-17(19)22-15-14-21-5-2/h16H,4-15H2,1-3H3. The molecule has 0 fully saturated rings. The summed E-state index contributed by atoms with van der Waals surface area (Å²) >= 11 is 0. The van der Waals surface area contributed by atoms with Crippen molar-refractivity contribution in [1.82, 2.24) is 0 Å². The zero-order valence-electron chi connectivity index (χ0n) is 15.1. The summed E-state index contributed by atoms with van der Waals surface area (Å²) in [7, 11) is 0. The largest absolute Gasteiger partial charge is 0.463 e. The minimum absolute atomic E-state index is 0.0642. The summed E-state index contributed by atoms with van der Waals surface area (Å²) in [6.45, 7) is 7.21. The third-order valence-corrected chi connectivity index (χ3v) is 3.52. The lowest BCUT2D eigenvalue weighted by atomic mass is 10.1. The highest BCUT2D eigenvalue weighted by atomic mass is 16.6. The van der Waals surface area contributed by atoms with Gasteiger partial charge in [-0.1, -0.05) is 39.0 Å². The molecule has 0 aromatic heterocycles. The molecule has 0 aliphatic rings. The maximum atomic E-state index is 11.7. The molecule has 0 saturated heterocycles. The topological polar surface area (TPSA) is 61.8 Å². The summed E-state index contributed by atoms with van der Waals surface area (Å²) in [5.74, 6) is -0.713. The first kappa shape index (κ1) is 21.9. The lowest BCUT2D eigenvalue weighted by Crippen LogP contribution is -2.17. The predicted molar refractivity (Wildman–Crippen MR) is 90.2 cm³/mol. The van der Waals surface area contributed by atoms with Crippen LogP contribution in [0.1, 0.15) is 78.6 Å². The van der Waals surface area contributed by atoms with Crippen LogP contribution >= 0.6 is 0 Å². The van der Waals surface area contributed by atoms with Crippen LogP contribution in [0.4, 0.5) is 0 Å². The van der Waals surface area contributed by atoms with Crippen LogP contribution in [0.3, 0.4) is 0 Å². The van der Waals surface area contributed by atoms with Crippen molar-refractivity contribution in [2.24, 2.45) is 0 Å². The van der Waals surface area contributed by atoms with E-state index in [0.29, 0.717) is 13.2 Å². The number of ether oxygens (including phenoxy) is 3. The number of hydrogen-bond donors (Lipinski definition) is 0. The van der Waals surface area contributed by atoms with Gasteiger partial charge in [0.05, 0.1) is 25.6 Å². The monoisotopic (exact) mass is 330 g/mol. The molecule has 0 rings (SSSR count). The van der Waals surface area contributed by atoms with Crippen molar-refractivity contribution in [1.29, 1.82) is 0 Å². The molecule has 1 unspecified atom stereocenters. The summed E-state index contributed by atoms with van der Waals surface area (Å²) in [6.07, 6.45) is 8.30. The quantitative estimate of drug-likeness (QED) is 0.335. The molecule has 0 heterocycles. The zero-order valence-corrected chi connectivity index (χ0v) is 15.1. The molecule has 5 heteroatoms. The molecule has 136 valence electrons. The van der Waals surface area contributed by atoms with Gasteiger partial charge in [0.1, 0.15) is 6.61 Å². The highest BCUT2D eigenvalue weighted by Gasteiger charge is 2.12. The summed E-state index contributed by atoms with van der Waals surface area (Å²) < 4.78 is 15.3. The molecule has 0 radical (unpaired) electrons. The van der Waals surface area contributed by atoms with Crippen molar-refractivity contribution in [2.75, 3.05) is 19.8 Å². The molecular formula is C18H34O5. The maximum Gasteiger partial charge on any atom is 0.306 e. The fourth-order valence-electron chi connectivity index (χ4n) is 2.19. The Morgan fingerprint density at radius 1 is 0.870 bits per heavy atom. The first-order valence-electron chi connectivity index (χ1n) is 9.03. The molecule has 0 aliphatic carbocycles. The number of rotatable bonds is 15. The molecule has 0 aromatic carbocycles. The van der Waals surface area contributed by atoms with E-state index in [9.17, 15) is 9.59 Å². The molecule has 23 heavy (non-hydrogen) atoms. The molecule has 0 amide bonds. The molecule has 0 aromatic rings. The van der Waals surface area contributed by atoms with Gasteiger partial charge in [-0.25, -0.2) is 0 Å². The van der Waals surface area contributed by atoms with Gasteiger partial charge in [-0.3, -0.25) is 9.59 Å². The Kier molecular flexibility index (Phi) is 15.0. The number of esters is 2. The summed E-state index contributed by atoms with van der Waals surface area (Å²) in [5, 5.41) is 0. The van der Waals surface area contributed by atoms with Crippen LogP contribution in [-0.2, 0) is 23.8 Å². The third kappa shape index (κ3) is 15.6. The normalized spacial score (nSPS) is 12.0. The van der Waals surface area contributed by atoms with Crippen LogP contribution in [0.25, 0.3) is 0 Å². The SMILES string of the molecule is CCCCCCCCC(C)OC(=O)CCC(=O)OCCOCC. The molecule has 1 atom stereocenters. The zero-order chi connectivity index (χ0) is 17.3. The van der Waals surface area contributed by atoms with E-state index in [-0.39, 0.29) is 37.5 Å². The van der Waals surface area contributed by atoms with E-state index >= 15 is 0 Å². The molecule has 5 nitrogen and oxygen atoms in total. The first-order valence-corrected chi connectivity index (χ1v) is 9.03. The van der Waals surface area contributed by atoms with Crippen molar-refractivity contribution >= 4 is 11.9 Å². The highest BCUT2D eigenvalue weighted by Crippen LogP contribution is 2.11. The lowest BCUT2D eigenvalue weighted by Gasteiger charge is -2.13. The van der Waals surface area contributed by atoms with Crippen molar-refractivity contribution in [3.05, 3.63) is 0 Å². The van der Waals surface area contributed by atoms with E-state index in [1.165, 1.54) is 32.1 Å². The predicted octanol–water partition coefficient (Wildman–Crippen LogP) is 4.03. The second kappa shape index (κ2) is 15.8. The number of carbonyl (C=O) groups excluding carboxylic acids is 2. The molecule has 0 spiro atoms. The fourth-order valence-corrected chi connectivity index (χ4v) is 2.19. The van der Waals surface area contributed by atoms with Gasteiger partial charge in [0.15, 0.2) is 0 Å². The fraction of sp³-hybridized carbons (Fsp3) is 0.889. The van der Waals surface area contributed by atoms with E-state index in [0.717, 1.165) is 12.8 Å². The van der Waals surface area contributed by atoms with Crippen molar-refractivity contribution < 1.29 is 23.8 Å². The Labute approximate surface area is 141 Å². The van der Waals surface area contributed by atoms with E-state index < -0.39 is 0 Å². The average Bonchev–Trinajstić information content (AvgIpc) is 2.53. The van der Waals surface area contributed by atoms with Crippen LogP contribution < -0.4 is 0 Å². The van der Waals surface area contributed by atoms with Crippen LogP contribution in [0.5, 0.6) is 0 Å². The van der Waals surface area contributed by atoms with Gasteiger partial charge in [-0.15, -0.1) is 0 Å². The number of hydrogen-bond acceptors (Lipinski definition) is 5. The van der Waals surface area contributed by atoms with Crippen LogP contribution in [0.2, 0.25) is 0 Å². The van der Waals surface area contributed by atoms with Crippen molar-refractivity contribution in [2.45, 2.75) is 84.7 Å². The smallest absolute Gasteiger partial charge is 0.306 e. The number of carbonyl (C=O) groups is 2. The summed E-state index contributed by atoms with van der Waals surface area (Å²) in [5.41, 5.74) is 0. The average molecular weight is 330 g/mol. The second-order valence-electron chi connectivity index (χ2n) is 5.77. The highest BCUT2D eigenvalue weighted by molar-refractivity contribution is 5.77. The minimum atomic E-state index is -0.384. The van der Waals surface area contributed by atoms with Gasteiger partial charge in [0.2, 0.25) is 0 Å². The molecule has 0 N–H and O–H groups in total. The van der Waals surface area contributed by atoms with Gasteiger partial charge in [0, 0.05) is 6.61 Å². The van der Waals surface area contributed by atoms with Gasteiger partial charge in [0.25, 0.3) is 0 Å². The van der Waals surface area contributed by atoms with E-state index in [1.54, 1.807) is 0 Å². The summed E-state index contributed by atoms with van der Waals surface area (Å²) in [4.78, 5) is 23.1. The van der Waals surface area contributed by atoms with E-state index in [4.69, 9.17) is 14.2 Å². The Balaban J connectivity index is 3.54. The van der Waals surface area contributed by atoms with Crippen LogP contribution in [-0.4, -0.2) is 37.9 Å². The third-order valence-electron chi connectivity index (χ3n) is 3.52. The van der Waals surface area contributed by atoms with Crippen LogP contribution in [0, 0.1) is 0 Å². The Hall–Kier alpha value is -1.10. The van der Waals surface area contributed by atoms with Gasteiger partial charge < -0.3 is 14.2 Å². The Morgan fingerprint density at radius 3 is 2.22 bits per heavy atom. The van der Waals surface area contributed by atoms with E-state index in [2.05, 4.69) is 6.92 Å².